The van der Waals surface area contributed by atoms with E-state index in [1.807, 2.05) is 18.2 Å². The third-order valence-electron chi connectivity index (χ3n) is 5.42. The summed E-state index contributed by atoms with van der Waals surface area (Å²) in [6, 6.07) is 9.16. The van der Waals surface area contributed by atoms with E-state index in [0.717, 1.165) is 12.8 Å². The Morgan fingerprint density at radius 2 is 1.84 bits per heavy atom. The molecule has 0 aliphatic heterocycles. The normalized spacial score (nSPS) is 21.4. The predicted octanol–water partition coefficient (Wildman–Crippen LogP) is 2.24. The molecule has 5 nitrogen and oxygen atoms in total. The molecule has 0 aromatic heterocycles. The highest BCUT2D eigenvalue weighted by Crippen LogP contribution is 2.32. The molecule has 0 heterocycles. The van der Waals surface area contributed by atoms with E-state index in [1.54, 1.807) is 19.1 Å². The van der Waals surface area contributed by atoms with Crippen LogP contribution in [0.1, 0.15) is 57.4 Å². The van der Waals surface area contributed by atoms with E-state index in [1.165, 1.54) is 12.8 Å². The summed E-state index contributed by atoms with van der Waals surface area (Å²) in [4.78, 5) is 25.3. The van der Waals surface area contributed by atoms with Crippen molar-refractivity contribution < 1.29 is 14.7 Å². The first kappa shape index (κ1) is 17.9. The number of rotatable bonds is 7. The van der Waals surface area contributed by atoms with Crippen LogP contribution in [-0.4, -0.2) is 29.0 Å². The molecule has 2 fully saturated rings. The molecular weight excluding hydrogens is 316 g/mol. The molecule has 0 bridgehead atoms. The zero-order chi connectivity index (χ0) is 17.9. The van der Waals surface area contributed by atoms with E-state index in [4.69, 9.17) is 0 Å². The number of hydrogen-bond donors (Lipinski definition) is 3. The van der Waals surface area contributed by atoms with Gasteiger partial charge in [-0.15, -0.1) is 0 Å². The Morgan fingerprint density at radius 3 is 2.44 bits per heavy atom. The van der Waals surface area contributed by atoms with Gasteiger partial charge >= 0.3 is 0 Å². The second kappa shape index (κ2) is 7.16. The Kier molecular flexibility index (Phi) is 5.13. The highest BCUT2D eigenvalue weighted by Gasteiger charge is 2.43. The Bertz CT molecular complexity index is 617. The van der Waals surface area contributed by atoms with E-state index in [2.05, 4.69) is 10.6 Å². The molecule has 3 N–H and O–H groups in total. The number of benzene rings is 1. The van der Waals surface area contributed by atoms with Gasteiger partial charge in [-0.05, 0) is 44.1 Å². The van der Waals surface area contributed by atoms with Gasteiger partial charge < -0.3 is 15.7 Å². The van der Waals surface area contributed by atoms with Crippen molar-refractivity contribution >= 4 is 11.8 Å². The molecular formula is C20H28N2O3. The van der Waals surface area contributed by atoms with Crippen LogP contribution in [0.2, 0.25) is 0 Å². The molecule has 1 aromatic carbocycles. The van der Waals surface area contributed by atoms with Gasteiger partial charge in [-0.3, -0.25) is 9.59 Å². The van der Waals surface area contributed by atoms with Crippen LogP contribution in [0, 0.1) is 5.92 Å². The lowest BCUT2D eigenvalue weighted by molar-refractivity contribution is -0.135. The van der Waals surface area contributed by atoms with Crippen LogP contribution in [0.15, 0.2) is 30.3 Å². The van der Waals surface area contributed by atoms with Gasteiger partial charge in [-0.2, -0.15) is 0 Å². The summed E-state index contributed by atoms with van der Waals surface area (Å²) in [6.45, 7) is 2.34. The van der Waals surface area contributed by atoms with E-state index >= 15 is 0 Å². The van der Waals surface area contributed by atoms with E-state index in [9.17, 15) is 14.7 Å². The molecule has 1 unspecified atom stereocenters. The molecule has 25 heavy (non-hydrogen) atoms. The molecule has 3 rings (SSSR count). The highest BCUT2D eigenvalue weighted by atomic mass is 16.3. The minimum absolute atomic E-state index is 0.0608. The lowest BCUT2D eigenvalue weighted by Gasteiger charge is -2.31. The molecule has 5 heteroatoms. The van der Waals surface area contributed by atoms with Crippen molar-refractivity contribution in [1.82, 2.24) is 10.6 Å². The summed E-state index contributed by atoms with van der Waals surface area (Å²) < 4.78 is 0. The third-order valence-corrected chi connectivity index (χ3v) is 5.42. The third kappa shape index (κ3) is 4.40. The number of carbonyl (C=O) groups is 2. The van der Waals surface area contributed by atoms with E-state index in [0.29, 0.717) is 30.9 Å². The van der Waals surface area contributed by atoms with Gasteiger partial charge in [0.1, 0.15) is 5.54 Å². The second-order valence-corrected chi connectivity index (χ2v) is 7.81. The molecule has 1 aromatic rings. The molecule has 0 saturated heterocycles. The van der Waals surface area contributed by atoms with E-state index in [-0.39, 0.29) is 18.2 Å². The fourth-order valence-electron chi connectivity index (χ4n) is 3.64. The fraction of sp³-hybridized carbons (Fsp3) is 0.600. The lowest BCUT2D eigenvalue weighted by Crippen LogP contribution is -2.58. The molecule has 1 atom stereocenters. The Hall–Kier alpha value is -1.88. The highest BCUT2D eigenvalue weighted by molar-refractivity contribution is 5.92. The van der Waals surface area contributed by atoms with Crippen LogP contribution in [-0.2, 0) is 15.2 Å². The lowest BCUT2D eigenvalue weighted by atomic mass is 9.90. The van der Waals surface area contributed by atoms with Crippen molar-refractivity contribution in [3.05, 3.63) is 35.9 Å². The largest absolute Gasteiger partial charge is 0.385 e. The summed E-state index contributed by atoms with van der Waals surface area (Å²) in [7, 11) is 0. The topological polar surface area (TPSA) is 78.4 Å². The maximum absolute atomic E-state index is 12.7. The summed E-state index contributed by atoms with van der Waals surface area (Å²) in [5.74, 6) is 0.263. The summed E-state index contributed by atoms with van der Waals surface area (Å²) in [5.41, 5.74) is -1.36. The van der Waals surface area contributed by atoms with Crippen molar-refractivity contribution in [1.29, 1.82) is 0 Å². The molecule has 2 amide bonds. The minimum Gasteiger partial charge on any atom is -0.385 e. The SMILES string of the molecule is CC(O)(CC(=O)NC1(C(=O)NCC2CC2)CCCC1)c1ccccc1. The Morgan fingerprint density at radius 1 is 1.20 bits per heavy atom. The quantitative estimate of drug-likeness (QED) is 0.710. The van der Waals surface area contributed by atoms with E-state index < -0.39 is 11.1 Å². The average Bonchev–Trinajstić information content (AvgIpc) is 3.30. The molecule has 136 valence electrons. The van der Waals surface area contributed by atoms with Crippen LogP contribution < -0.4 is 10.6 Å². The first-order chi connectivity index (χ1) is 11.9. The average molecular weight is 344 g/mol. The van der Waals surface area contributed by atoms with Crippen LogP contribution >= 0.6 is 0 Å². The predicted molar refractivity (Wildman–Crippen MR) is 95.7 cm³/mol. The maximum Gasteiger partial charge on any atom is 0.245 e. The van der Waals surface area contributed by atoms with Gasteiger partial charge in [0.2, 0.25) is 11.8 Å². The van der Waals surface area contributed by atoms with Gasteiger partial charge in [0, 0.05) is 6.54 Å². The van der Waals surface area contributed by atoms with Crippen LogP contribution in [0.3, 0.4) is 0 Å². The van der Waals surface area contributed by atoms with Gasteiger partial charge in [0.05, 0.1) is 12.0 Å². The Labute approximate surface area is 149 Å². The molecule has 2 aliphatic carbocycles. The maximum atomic E-state index is 12.7. The first-order valence-electron chi connectivity index (χ1n) is 9.29. The number of carbonyl (C=O) groups excluding carboxylic acids is 2. The summed E-state index contributed by atoms with van der Waals surface area (Å²) in [6.07, 6.45) is 5.51. The zero-order valence-electron chi connectivity index (χ0n) is 14.9. The van der Waals surface area contributed by atoms with Crippen molar-refractivity contribution in [2.75, 3.05) is 6.54 Å². The minimum atomic E-state index is -1.25. The second-order valence-electron chi connectivity index (χ2n) is 7.81. The van der Waals surface area contributed by atoms with Gasteiger partial charge in [0.15, 0.2) is 0 Å². The van der Waals surface area contributed by atoms with Gasteiger partial charge in [-0.25, -0.2) is 0 Å². The number of nitrogens with one attached hydrogen (secondary N) is 2. The van der Waals surface area contributed by atoms with Gasteiger partial charge in [0.25, 0.3) is 0 Å². The van der Waals surface area contributed by atoms with Crippen molar-refractivity contribution in [2.24, 2.45) is 5.92 Å². The van der Waals surface area contributed by atoms with Crippen LogP contribution in [0.25, 0.3) is 0 Å². The standard InChI is InChI=1S/C20H28N2O3/c1-19(25,16-7-3-2-4-8-16)13-17(23)22-20(11-5-6-12-20)18(24)21-14-15-9-10-15/h2-4,7-8,15,25H,5-6,9-14H2,1H3,(H,21,24)(H,22,23). The number of amides is 2. The molecule has 2 aliphatic rings. The number of aliphatic hydroxyl groups is 1. The molecule has 2 saturated carbocycles. The summed E-state index contributed by atoms with van der Waals surface area (Å²) in [5, 5.41) is 16.6. The molecule has 0 spiro atoms. The smallest absolute Gasteiger partial charge is 0.245 e. The van der Waals surface area contributed by atoms with Gasteiger partial charge in [-0.1, -0.05) is 43.2 Å². The summed E-state index contributed by atoms with van der Waals surface area (Å²) >= 11 is 0. The molecule has 0 radical (unpaired) electrons. The van der Waals surface area contributed by atoms with Crippen molar-refractivity contribution in [2.45, 2.75) is 63.0 Å². The van der Waals surface area contributed by atoms with Crippen LogP contribution in [0.5, 0.6) is 0 Å². The van der Waals surface area contributed by atoms with Crippen LogP contribution in [0.4, 0.5) is 0 Å². The van der Waals surface area contributed by atoms with Crippen molar-refractivity contribution in [3.8, 4) is 0 Å². The monoisotopic (exact) mass is 344 g/mol. The fourth-order valence-corrected chi connectivity index (χ4v) is 3.64. The van der Waals surface area contributed by atoms with Crippen molar-refractivity contribution in [3.63, 3.8) is 0 Å². The first-order valence-corrected chi connectivity index (χ1v) is 9.29. The Balaban J connectivity index is 1.63. The number of hydrogen-bond acceptors (Lipinski definition) is 3. The zero-order valence-corrected chi connectivity index (χ0v) is 14.9.